The molecule has 2 saturated heterocycles. The van der Waals surface area contributed by atoms with Crippen LogP contribution in [0.2, 0.25) is 0 Å². The molecule has 156 valence electrons. The molecule has 0 aromatic carbocycles. The molecule has 5 nitrogen and oxygen atoms in total. The molecule has 0 N–H and O–H groups in total. The highest BCUT2D eigenvalue weighted by atomic mass is 79.9. The third-order valence-electron chi connectivity index (χ3n) is 7.13. The van der Waals surface area contributed by atoms with E-state index in [9.17, 15) is 14.4 Å². The number of nitrogens with zero attached hydrogens (tertiary/aromatic N) is 2. The van der Waals surface area contributed by atoms with Crippen LogP contribution in [-0.2, 0) is 14.4 Å². The highest BCUT2D eigenvalue weighted by molar-refractivity contribution is 9.12. The maximum Gasteiger partial charge on any atom is 0.245 e. The second-order valence-electron chi connectivity index (χ2n) is 8.59. The van der Waals surface area contributed by atoms with Gasteiger partial charge in [-0.3, -0.25) is 19.3 Å². The van der Waals surface area contributed by atoms with Gasteiger partial charge in [-0.1, -0.05) is 44.7 Å². The smallest absolute Gasteiger partial charge is 0.245 e. The van der Waals surface area contributed by atoms with Gasteiger partial charge in [0.05, 0.1) is 11.8 Å². The zero-order valence-corrected chi connectivity index (χ0v) is 20.2. The number of carbonyl (C=O) groups is 3. The second kappa shape index (κ2) is 8.58. The van der Waals surface area contributed by atoms with Gasteiger partial charge >= 0.3 is 0 Å². The van der Waals surface area contributed by atoms with Crippen LogP contribution in [0.4, 0.5) is 0 Å². The summed E-state index contributed by atoms with van der Waals surface area (Å²) >= 11 is 9.13. The van der Waals surface area contributed by atoms with Crippen LogP contribution in [0.5, 0.6) is 0 Å². The fourth-order valence-electron chi connectivity index (χ4n) is 5.77. The van der Waals surface area contributed by atoms with E-state index >= 15 is 0 Å². The Balaban J connectivity index is 1.59. The van der Waals surface area contributed by atoms with Crippen LogP contribution in [0.25, 0.3) is 0 Å². The number of rotatable bonds is 5. The molecule has 2 saturated carbocycles. The van der Waals surface area contributed by atoms with E-state index in [0.29, 0.717) is 6.42 Å². The number of halogens is 2. The number of hydrogen-bond donors (Lipinski definition) is 0. The molecule has 4 fully saturated rings. The lowest BCUT2D eigenvalue weighted by molar-refractivity contribution is -0.152. The Morgan fingerprint density at radius 3 is 2.07 bits per heavy atom. The predicted octanol–water partition coefficient (Wildman–Crippen LogP) is 3.29. The minimum Gasteiger partial charge on any atom is -0.341 e. The van der Waals surface area contributed by atoms with Gasteiger partial charge in [0, 0.05) is 22.7 Å². The van der Waals surface area contributed by atoms with E-state index in [1.807, 2.05) is 11.2 Å². The van der Waals surface area contributed by atoms with E-state index < -0.39 is 6.04 Å². The number of alkyl halides is 2. The van der Waals surface area contributed by atoms with Crippen molar-refractivity contribution in [2.24, 2.45) is 23.7 Å². The summed E-state index contributed by atoms with van der Waals surface area (Å²) in [4.78, 5) is 43.9. The largest absolute Gasteiger partial charge is 0.341 e. The Kier molecular flexibility index (Phi) is 6.48. The van der Waals surface area contributed by atoms with Gasteiger partial charge < -0.3 is 4.90 Å². The number of amides is 3. The lowest BCUT2D eigenvalue weighted by atomic mass is 9.81. The molecule has 2 aliphatic heterocycles. The first kappa shape index (κ1) is 21.2. The maximum absolute atomic E-state index is 13.4. The SMILES string of the molecule is CSCC[C@H](C(=O)N1CCCCCC1)N1C(=O)[C@@H]2[C@H]3C[C@@H]([C@H](Br)[C@@H]3Br)[C@@H]2C1=O. The summed E-state index contributed by atoms with van der Waals surface area (Å²) in [6.45, 7) is 1.49. The van der Waals surface area contributed by atoms with Crippen molar-refractivity contribution < 1.29 is 14.4 Å². The van der Waals surface area contributed by atoms with Crippen molar-refractivity contribution in [1.29, 1.82) is 0 Å². The normalized spacial score (nSPS) is 38.7. The van der Waals surface area contributed by atoms with E-state index in [1.165, 1.54) is 4.90 Å². The fraction of sp³-hybridized carbons (Fsp3) is 0.850. The van der Waals surface area contributed by atoms with E-state index in [4.69, 9.17) is 0 Å². The Morgan fingerprint density at radius 1 is 1.04 bits per heavy atom. The summed E-state index contributed by atoms with van der Waals surface area (Å²) in [6, 6.07) is -0.627. The summed E-state index contributed by atoms with van der Waals surface area (Å²) in [7, 11) is 0. The number of fused-ring (bicyclic) bond motifs is 5. The van der Waals surface area contributed by atoms with Crippen molar-refractivity contribution in [3.05, 3.63) is 0 Å². The first-order valence-corrected chi connectivity index (χ1v) is 13.6. The molecule has 2 heterocycles. The van der Waals surface area contributed by atoms with E-state index in [-0.39, 0.29) is 51.0 Å². The van der Waals surface area contributed by atoms with Gasteiger partial charge in [0.25, 0.3) is 0 Å². The molecule has 2 aliphatic carbocycles. The van der Waals surface area contributed by atoms with E-state index in [2.05, 4.69) is 31.9 Å². The number of thioether (sulfide) groups is 1. The van der Waals surface area contributed by atoms with Gasteiger partial charge in [-0.2, -0.15) is 11.8 Å². The predicted molar refractivity (Wildman–Crippen MR) is 118 cm³/mol. The molecular formula is C20H28Br2N2O3S. The van der Waals surface area contributed by atoms with Crippen LogP contribution >= 0.6 is 43.6 Å². The summed E-state index contributed by atoms with van der Waals surface area (Å²) < 4.78 is 0. The van der Waals surface area contributed by atoms with E-state index in [0.717, 1.165) is 50.9 Å². The Hall–Kier alpha value is -0.0800. The Morgan fingerprint density at radius 2 is 1.57 bits per heavy atom. The number of hydrogen-bond acceptors (Lipinski definition) is 4. The quantitative estimate of drug-likeness (QED) is 0.400. The third-order valence-corrected chi connectivity index (χ3v) is 11.0. The monoisotopic (exact) mass is 534 g/mol. The third kappa shape index (κ3) is 3.39. The number of carbonyl (C=O) groups excluding carboxylic acids is 3. The highest BCUT2D eigenvalue weighted by Gasteiger charge is 2.67. The van der Waals surface area contributed by atoms with Crippen molar-refractivity contribution in [3.63, 3.8) is 0 Å². The zero-order valence-electron chi connectivity index (χ0n) is 16.2. The van der Waals surface area contributed by atoms with Gasteiger partial charge in [0.15, 0.2) is 0 Å². The minimum absolute atomic E-state index is 0.0178. The van der Waals surface area contributed by atoms with Crippen LogP contribution in [-0.4, -0.2) is 68.3 Å². The Labute approximate surface area is 188 Å². The molecule has 28 heavy (non-hydrogen) atoms. The van der Waals surface area contributed by atoms with Gasteiger partial charge in [0.1, 0.15) is 6.04 Å². The first-order chi connectivity index (χ1) is 13.5. The van der Waals surface area contributed by atoms with Crippen LogP contribution in [0, 0.1) is 23.7 Å². The molecule has 0 aromatic heterocycles. The standard InChI is InChI=1S/C20H28Br2N2O3S/c1-28-9-6-13(18(25)23-7-4-2-3-5-8-23)24-19(26)14-11-10-12(15(14)20(24)27)17(22)16(11)21/h11-17H,2-10H2,1H3/t11-,12-,13-,14-,15+,16-,17+/m1/s1. The molecule has 0 unspecified atom stereocenters. The molecule has 4 aliphatic rings. The number of likely N-dealkylation sites (tertiary alicyclic amines) is 2. The molecule has 8 heteroatoms. The highest BCUT2D eigenvalue weighted by Crippen LogP contribution is 2.60. The van der Waals surface area contributed by atoms with Crippen LogP contribution in [0.3, 0.4) is 0 Å². The molecule has 0 radical (unpaired) electrons. The fourth-order valence-corrected chi connectivity index (χ4v) is 8.11. The zero-order chi connectivity index (χ0) is 20.0. The number of imide groups is 1. The van der Waals surface area contributed by atoms with Gasteiger partial charge in [-0.15, -0.1) is 0 Å². The average Bonchev–Trinajstić information content (AvgIpc) is 3.17. The van der Waals surface area contributed by atoms with Crippen LogP contribution < -0.4 is 0 Å². The maximum atomic E-state index is 13.4. The average molecular weight is 536 g/mol. The molecule has 0 aromatic rings. The molecule has 4 rings (SSSR count). The topological polar surface area (TPSA) is 57.7 Å². The van der Waals surface area contributed by atoms with Gasteiger partial charge in [0.2, 0.25) is 17.7 Å². The lowest BCUT2D eigenvalue weighted by Gasteiger charge is -2.31. The second-order valence-corrected chi connectivity index (χ2v) is 11.7. The van der Waals surface area contributed by atoms with Crippen molar-refractivity contribution in [3.8, 4) is 0 Å². The van der Waals surface area contributed by atoms with Crippen molar-refractivity contribution in [1.82, 2.24) is 9.80 Å². The first-order valence-electron chi connectivity index (χ1n) is 10.4. The van der Waals surface area contributed by atoms with Gasteiger partial charge in [-0.05, 0) is 49.5 Å². The summed E-state index contributed by atoms with van der Waals surface area (Å²) in [5.41, 5.74) is 0. The summed E-state index contributed by atoms with van der Waals surface area (Å²) in [5, 5.41) is 0. The summed E-state index contributed by atoms with van der Waals surface area (Å²) in [6.07, 6.45) is 7.78. The van der Waals surface area contributed by atoms with Crippen LogP contribution in [0.15, 0.2) is 0 Å². The molecule has 0 spiro atoms. The lowest BCUT2D eigenvalue weighted by Crippen LogP contribution is -2.52. The van der Waals surface area contributed by atoms with Crippen molar-refractivity contribution in [2.45, 2.75) is 54.2 Å². The van der Waals surface area contributed by atoms with Crippen molar-refractivity contribution >= 4 is 61.3 Å². The summed E-state index contributed by atoms with van der Waals surface area (Å²) in [5.74, 6) is 0.447. The molecule has 2 bridgehead atoms. The molecule has 3 amide bonds. The van der Waals surface area contributed by atoms with Crippen molar-refractivity contribution in [2.75, 3.05) is 25.1 Å². The van der Waals surface area contributed by atoms with Crippen LogP contribution in [0.1, 0.15) is 38.5 Å². The van der Waals surface area contributed by atoms with Gasteiger partial charge in [-0.25, -0.2) is 0 Å². The Bertz CT molecular complexity index is 623. The molecular weight excluding hydrogens is 508 g/mol. The minimum atomic E-state index is -0.627. The molecule has 7 atom stereocenters. The van der Waals surface area contributed by atoms with E-state index in [1.54, 1.807) is 11.8 Å².